The molecule has 1 aliphatic carbocycles. The predicted octanol–water partition coefficient (Wildman–Crippen LogP) is 5.40. The van der Waals surface area contributed by atoms with Crippen molar-refractivity contribution in [2.75, 3.05) is 0 Å². The van der Waals surface area contributed by atoms with Gasteiger partial charge in [-0.15, -0.1) is 0 Å². The van der Waals surface area contributed by atoms with Crippen molar-refractivity contribution in [1.29, 1.82) is 0 Å². The lowest BCUT2D eigenvalue weighted by Crippen LogP contribution is -2.06. The lowest BCUT2D eigenvalue weighted by molar-refractivity contribution is -0.137. The SMILES string of the molecule is FC(F)(F)c1ccc2c(c1)cc(C1=CCCCC1)n2-c1ncccn1. The van der Waals surface area contributed by atoms with Gasteiger partial charge in [0.1, 0.15) is 0 Å². The summed E-state index contributed by atoms with van der Waals surface area (Å²) in [5.74, 6) is 0.471. The number of hydrogen-bond donors (Lipinski definition) is 0. The molecule has 3 nitrogen and oxygen atoms in total. The fraction of sp³-hybridized carbons (Fsp3) is 0.263. The predicted molar refractivity (Wildman–Crippen MR) is 90.3 cm³/mol. The van der Waals surface area contributed by atoms with Crippen molar-refractivity contribution < 1.29 is 13.2 Å². The molecule has 0 bridgehead atoms. The van der Waals surface area contributed by atoms with Crippen LogP contribution in [0.2, 0.25) is 0 Å². The van der Waals surface area contributed by atoms with Gasteiger partial charge in [-0.2, -0.15) is 13.2 Å². The summed E-state index contributed by atoms with van der Waals surface area (Å²) < 4.78 is 41.0. The van der Waals surface area contributed by atoms with Crippen LogP contribution in [0.1, 0.15) is 36.9 Å². The van der Waals surface area contributed by atoms with Crippen LogP contribution in [-0.2, 0) is 6.18 Å². The molecule has 2 heterocycles. The topological polar surface area (TPSA) is 30.7 Å². The van der Waals surface area contributed by atoms with Gasteiger partial charge in [0, 0.05) is 17.8 Å². The Hall–Kier alpha value is -2.63. The minimum atomic E-state index is -4.36. The summed E-state index contributed by atoms with van der Waals surface area (Å²) in [5.41, 5.74) is 2.06. The third kappa shape index (κ3) is 2.92. The first-order chi connectivity index (χ1) is 12.0. The molecule has 0 radical (unpaired) electrons. The molecule has 128 valence electrons. The van der Waals surface area contributed by atoms with Gasteiger partial charge >= 0.3 is 6.18 Å². The van der Waals surface area contributed by atoms with Crippen molar-refractivity contribution >= 4 is 16.5 Å². The molecule has 0 aliphatic heterocycles. The van der Waals surface area contributed by atoms with E-state index in [-0.39, 0.29) is 0 Å². The summed E-state index contributed by atoms with van der Waals surface area (Å²) in [6.45, 7) is 0. The molecule has 2 aromatic heterocycles. The monoisotopic (exact) mass is 343 g/mol. The van der Waals surface area contributed by atoms with Crippen LogP contribution in [0, 0.1) is 0 Å². The maximum atomic E-state index is 13.1. The van der Waals surface area contributed by atoms with Gasteiger partial charge in [-0.05, 0) is 61.6 Å². The number of nitrogens with zero attached hydrogens (tertiary/aromatic N) is 3. The quantitative estimate of drug-likeness (QED) is 0.624. The number of hydrogen-bond acceptors (Lipinski definition) is 2. The van der Waals surface area contributed by atoms with Gasteiger partial charge in [0.05, 0.1) is 16.8 Å². The van der Waals surface area contributed by atoms with E-state index in [2.05, 4.69) is 16.0 Å². The number of fused-ring (bicyclic) bond motifs is 1. The van der Waals surface area contributed by atoms with E-state index in [0.717, 1.165) is 43.0 Å². The minimum absolute atomic E-state index is 0.471. The van der Waals surface area contributed by atoms with Gasteiger partial charge in [0.15, 0.2) is 0 Å². The lowest BCUT2D eigenvalue weighted by Gasteiger charge is -2.15. The van der Waals surface area contributed by atoms with Crippen LogP contribution in [-0.4, -0.2) is 14.5 Å². The zero-order valence-corrected chi connectivity index (χ0v) is 13.4. The number of rotatable bonds is 2. The van der Waals surface area contributed by atoms with Crippen molar-refractivity contribution in [3.05, 3.63) is 60.1 Å². The molecule has 1 aromatic carbocycles. The highest BCUT2D eigenvalue weighted by molar-refractivity contribution is 5.88. The Morgan fingerprint density at radius 1 is 1.00 bits per heavy atom. The highest BCUT2D eigenvalue weighted by atomic mass is 19.4. The minimum Gasteiger partial charge on any atom is -0.278 e. The molecule has 4 rings (SSSR count). The van der Waals surface area contributed by atoms with Gasteiger partial charge in [-0.3, -0.25) is 4.57 Å². The van der Waals surface area contributed by atoms with Gasteiger partial charge in [-0.25, -0.2) is 9.97 Å². The number of alkyl halides is 3. The van der Waals surface area contributed by atoms with Crippen molar-refractivity contribution in [2.45, 2.75) is 31.9 Å². The highest BCUT2D eigenvalue weighted by Gasteiger charge is 2.31. The molecule has 0 N–H and O–H groups in total. The summed E-state index contributed by atoms with van der Waals surface area (Å²) in [5, 5.41) is 0.545. The van der Waals surface area contributed by atoms with E-state index in [1.54, 1.807) is 18.5 Å². The molecule has 0 saturated carbocycles. The molecule has 6 heteroatoms. The summed E-state index contributed by atoms with van der Waals surface area (Å²) >= 11 is 0. The standard InChI is InChI=1S/C19H16F3N3/c20-19(21,22)15-7-8-16-14(11-15)12-17(13-5-2-1-3-6-13)25(16)18-23-9-4-10-24-18/h4-5,7-12H,1-3,6H2. The van der Waals surface area contributed by atoms with Crippen LogP contribution in [0.4, 0.5) is 13.2 Å². The molecular weight excluding hydrogens is 327 g/mol. The first-order valence-electron chi connectivity index (χ1n) is 8.23. The lowest BCUT2D eigenvalue weighted by atomic mass is 9.97. The van der Waals surface area contributed by atoms with Gasteiger partial charge in [0.25, 0.3) is 0 Å². The van der Waals surface area contributed by atoms with E-state index in [1.807, 2.05) is 10.6 Å². The zero-order valence-electron chi connectivity index (χ0n) is 13.4. The smallest absolute Gasteiger partial charge is 0.278 e. The Balaban J connectivity index is 1.97. The molecule has 0 fully saturated rings. The fourth-order valence-electron chi connectivity index (χ4n) is 3.32. The Bertz CT molecular complexity index is 940. The van der Waals surface area contributed by atoms with Crippen LogP contribution >= 0.6 is 0 Å². The Morgan fingerprint density at radius 3 is 2.48 bits per heavy atom. The fourth-order valence-corrected chi connectivity index (χ4v) is 3.32. The van der Waals surface area contributed by atoms with Crippen LogP contribution in [0.3, 0.4) is 0 Å². The van der Waals surface area contributed by atoms with Gasteiger partial charge in [0.2, 0.25) is 5.95 Å². The summed E-state index contributed by atoms with van der Waals surface area (Å²) in [7, 11) is 0. The zero-order chi connectivity index (χ0) is 17.4. The first kappa shape index (κ1) is 15.9. The van der Waals surface area contributed by atoms with Crippen LogP contribution in [0.5, 0.6) is 0 Å². The van der Waals surface area contributed by atoms with Crippen LogP contribution in [0.15, 0.2) is 48.8 Å². The maximum absolute atomic E-state index is 13.1. The summed E-state index contributed by atoms with van der Waals surface area (Å²) in [6.07, 6.45) is 5.20. The summed E-state index contributed by atoms with van der Waals surface area (Å²) in [4.78, 5) is 8.60. The van der Waals surface area contributed by atoms with E-state index in [4.69, 9.17) is 0 Å². The molecule has 1 aliphatic rings. The van der Waals surface area contributed by atoms with E-state index < -0.39 is 11.7 Å². The second kappa shape index (κ2) is 6.02. The van der Waals surface area contributed by atoms with Crippen LogP contribution in [0.25, 0.3) is 22.4 Å². The Kier molecular flexibility index (Phi) is 3.82. The molecule has 25 heavy (non-hydrogen) atoms. The van der Waals surface area contributed by atoms with Crippen molar-refractivity contribution in [3.63, 3.8) is 0 Å². The maximum Gasteiger partial charge on any atom is 0.416 e. The van der Waals surface area contributed by atoms with Crippen molar-refractivity contribution in [3.8, 4) is 5.95 Å². The van der Waals surface area contributed by atoms with Crippen molar-refractivity contribution in [1.82, 2.24) is 14.5 Å². The van der Waals surface area contributed by atoms with Crippen LogP contribution < -0.4 is 0 Å². The van der Waals surface area contributed by atoms with E-state index in [9.17, 15) is 13.2 Å². The van der Waals surface area contributed by atoms with Crippen molar-refractivity contribution in [2.24, 2.45) is 0 Å². The number of aromatic nitrogens is 3. The molecule has 0 amide bonds. The Morgan fingerprint density at radius 2 is 1.80 bits per heavy atom. The number of allylic oxidation sites excluding steroid dienone is 2. The average molecular weight is 343 g/mol. The molecule has 0 atom stereocenters. The van der Waals surface area contributed by atoms with Gasteiger partial charge < -0.3 is 0 Å². The molecule has 0 spiro atoms. The third-order valence-corrected chi connectivity index (χ3v) is 4.50. The molecule has 3 aromatic rings. The molecule has 0 unspecified atom stereocenters. The first-order valence-corrected chi connectivity index (χ1v) is 8.23. The normalized spacial score (nSPS) is 15.4. The average Bonchev–Trinajstić information content (AvgIpc) is 3.01. The van der Waals surface area contributed by atoms with E-state index in [0.29, 0.717) is 16.9 Å². The van der Waals surface area contributed by atoms with E-state index in [1.165, 1.54) is 12.1 Å². The second-order valence-corrected chi connectivity index (χ2v) is 6.16. The second-order valence-electron chi connectivity index (χ2n) is 6.16. The Labute approximate surface area is 142 Å². The molecule has 0 saturated heterocycles. The third-order valence-electron chi connectivity index (χ3n) is 4.50. The van der Waals surface area contributed by atoms with Gasteiger partial charge in [-0.1, -0.05) is 6.08 Å². The largest absolute Gasteiger partial charge is 0.416 e. The summed E-state index contributed by atoms with van der Waals surface area (Å²) in [6, 6.07) is 7.35. The molecular formula is C19H16F3N3. The number of halogens is 3. The van der Waals surface area contributed by atoms with E-state index >= 15 is 0 Å². The number of benzene rings is 1. The highest BCUT2D eigenvalue weighted by Crippen LogP contribution is 2.36.